The highest BCUT2D eigenvalue weighted by molar-refractivity contribution is 5.27. The van der Waals surface area contributed by atoms with Crippen molar-refractivity contribution in [2.75, 3.05) is 0 Å². The standard InChI is InChI=1S/C11H15N/c1-3-9-6-5-7-10(8-9)11(12)4-2/h4-8,11H,2-3,12H2,1H3/t11-/m1/s1. The molecule has 0 aliphatic carbocycles. The number of aryl methyl sites for hydroxylation is 1. The summed E-state index contributed by atoms with van der Waals surface area (Å²) >= 11 is 0. The van der Waals surface area contributed by atoms with E-state index in [2.05, 4.69) is 25.6 Å². The van der Waals surface area contributed by atoms with Gasteiger partial charge in [-0.25, -0.2) is 0 Å². The Morgan fingerprint density at radius 3 is 2.92 bits per heavy atom. The lowest BCUT2D eigenvalue weighted by Gasteiger charge is -2.07. The number of rotatable bonds is 3. The van der Waals surface area contributed by atoms with Crippen molar-refractivity contribution >= 4 is 0 Å². The molecule has 1 nitrogen and oxygen atoms in total. The van der Waals surface area contributed by atoms with Gasteiger partial charge < -0.3 is 5.73 Å². The lowest BCUT2D eigenvalue weighted by atomic mass is 10.0. The Morgan fingerprint density at radius 1 is 1.58 bits per heavy atom. The zero-order valence-electron chi connectivity index (χ0n) is 7.46. The number of nitrogens with two attached hydrogens (primary N) is 1. The summed E-state index contributed by atoms with van der Waals surface area (Å²) in [5.74, 6) is 0. The Bertz CT molecular complexity index is 265. The fourth-order valence-electron chi connectivity index (χ4n) is 1.16. The molecule has 0 amide bonds. The third kappa shape index (κ3) is 1.95. The van der Waals surface area contributed by atoms with Gasteiger partial charge in [-0.3, -0.25) is 0 Å². The first-order valence-corrected chi connectivity index (χ1v) is 4.25. The highest BCUT2D eigenvalue weighted by Crippen LogP contribution is 2.13. The van der Waals surface area contributed by atoms with Gasteiger partial charge in [0.2, 0.25) is 0 Å². The topological polar surface area (TPSA) is 26.0 Å². The number of benzene rings is 1. The summed E-state index contributed by atoms with van der Waals surface area (Å²) in [6.45, 7) is 5.80. The summed E-state index contributed by atoms with van der Waals surface area (Å²) in [5.41, 5.74) is 8.27. The predicted molar refractivity (Wildman–Crippen MR) is 52.9 cm³/mol. The molecular formula is C11H15N. The van der Waals surface area contributed by atoms with Gasteiger partial charge in [0.1, 0.15) is 0 Å². The molecule has 0 aromatic heterocycles. The van der Waals surface area contributed by atoms with Crippen LogP contribution < -0.4 is 5.73 Å². The zero-order valence-corrected chi connectivity index (χ0v) is 7.46. The van der Waals surface area contributed by atoms with Crippen LogP contribution in [0, 0.1) is 0 Å². The first-order valence-electron chi connectivity index (χ1n) is 4.25. The zero-order chi connectivity index (χ0) is 8.97. The van der Waals surface area contributed by atoms with Gasteiger partial charge in [0.25, 0.3) is 0 Å². The third-order valence-electron chi connectivity index (χ3n) is 2.00. The third-order valence-corrected chi connectivity index (χ3v) is 2.00. The molecule has 0 fully saturated rings. The fraction of sp³-hybridized carbons (Fsp3) is 0.273. The van der Waals surface area contributed by atoms with Crippen LogP contribution in [0.15, 0.2) is 36.9 Å². The molecule has 0 bridgehead atoms. The van der Waals surface area contributed by atoms with Crippen LogP contribution in [0.5, 0.6) is 0 Å². The minimum atomic E-state index is -0.0310. The number of hydrogen-bond acceptors (Lipinski definition) is 1. The van der Waals surface area contributed by atoms with Gasteiger partial charge in [-0.2, -0.15) is 0 Å². The fourth-order valence-corrected chi connectivity index (χ4v) is 1.16. The highest BCUT2D eigenvalue weighted by Gasteiger charge is 2.00. The van der Waals surface area contributed by atoms with Gasteiger partial charge in [-0.05, 0) is 17.5 Å². The van der Waals surface area contributed by atoms with Crippen LogP contribution in [0.3, 0.4) is 0 Å². The molecule has 1 heteroatoms. The minimum absolute atomic E-state index is 0.0310. The molecule has 1 rings (SSSR count). The van der Waals surface area contributed by atoms with Crippen LogP contribution in [0.2, 0.25) is 0 Å². The minimum Gasteiger partial charge on any atom is -0.321 e. The highest BCUT2D eigenvalue weighted by atomic mass is 14.6. The van der Waals surface area contributed by atoms with Crippen LogP contribution in [-0.4, -0.2) is 0 Å². The van der Waals surface area contributed by atoms with E-state index in [9.17, 15) is 0 Å². The van der Waals surface area contributed by atoms with Gasteiger partial charge in [0.05, 0.1) is 0 Å². The van der Waals surface area contributed by atoms with E-state index < -0.39 is 0 Å². The summed E-state index contributed by atoms with van der Waals surface area (Å²) in [6.07, 6.45) is 2.81. The Kier molecular flexibility index (Phi) is 3.06. The second-order valence-corrected chi connectivity index (χ2v) is 2.86. The van der Waals surface area contributed by atoms with Gasteiger partial charge in [0, 0.05) is 6.04 Å². The lowest BCUT2D eigenvalue weighted by molar-refractivity contribution is 0.908. The normalized spacial score (nSPS) is 12.5. The molecule has 64 valence electrons. The molecule has 0 saturated carbocycles. The van der Waals surface area contributed by atoms with E-state index in [-0.39, 0.29) is 6.04 Å². The molecule has 0 radical (unpaired) electrons. The molecule has 1 atom stereocenters. The molecule has 0 saturated heterocycles. The van der Waals surface area contributed by atoms with E-state index >= 15 is 0 Å². The summed E-state index contributed by atoms with van der Waals surface area (Å²) in [5, 5.41) is 0. The van der Waals surface area contributed by atoms with Crippen molar-refractivity contribution < 1.29 is 0 Å². The first-order chi connectivity index (χ1) is 5.77. The Labute approximate surface area is 73.9 Å². The molecule has 1 aromatic carbocycles. The Hall–Kier alpha value is -1.08. The number of hydrogen-bond donors (Lipinski definition) is 1. The predicted octanol–water partition coefficient (Wildman–Crippen LogP) is 2.43. The van der Waals surface area contributed by atoms with Gasteiger partial charge in [0.15, 0.2) is 0 Å². The van der Waals surface area contributed by atoms with E-state index in [0.29, 0.717) is 0 Å². The molecule has 2 N–H and O–H groups in total. The Balaban J connectivity index is 2.93. The summed E-state index contributed by atoms with van der Waals surface area (Å²) < 4.78 is 0. The SMILES string of the molecule is C=C[C@@H](N)c1cccc(CC)c1. The summed E-state index contributed by atoms with van der Waals surface area (Å²) in [4.78, 5) is 0. The van der Waals surface area contributed by atoms with Crippen LogP contribution in [0.4, 0.5) is 0 Å². The van der Waals surface area contributed by atoms with Crippen molar-refractivity contribution in [2.24, 2.45) is 5.73 Å². The molecular weight excluding hydrogens is 146 g/mol. The average Bonchev–Trinajstić information content (AvgIpc) is 2.17. The van der Waals surface area contributed by atoms with E-state index in [0.717, 1.165) is 12.0 Å². The van der Waals surface area contributed by atoms with Crippen LogP contribution >= 0.6 is 0 Å². The van der Waals surface area contributed by atoms with Crippen molar-refractivity contribution in [1.82, 2.24) is 0 Å². The van der Waals surface area contributed by atoms with Gasteiger partial charge in [-0.1, -0.05) is 37.3 Å². The Morgan fingerprint density at radius 2 is 2.33 bits per heavy atom. The summed E-state index contributed by atoms with van der Waals surface area (Å²) in [7, 11) is 0. The van der Waals surface area contributed by atoms with Crippen molar-refractivity contribution in [3.05, 3.63) is 48.0 Å². The van der Waals surface area contributed by atoms with Crippen LogP contribution in [0.25, 0.3) is 0 Å². The molecule has 0 aliphatic rings. The van der Waals surface area contributed by atoms with Gasteiger partial charge in [-0.15, -0.1) is 6.58 Å². The molecule has 0 spiro atoms. The van der Waals surface area contributed by atoms with E-state index in [1.165, 1.54) is 5.56 Å². The van der Waals surface area contributed by atoms with Crippen molar-refractivity contribution in [3.63, 3.8) is 0 Å². The molecule has 0 unspecified atom stereocenters. The van der Waals surface area contributed by atoms with E-state index in [4.69, 9.17) is 5.73 Å². The molecule has 12 heavy (non-hydrogen) atoms. The maximum atomic E-state index is 5.80. The smallest absolute Gasteiger partial charge is 0.0478 e. The van der Waals surface area contributed by atoms with Crippen molar-refractivity contribution in [1.29, 1.82) is 0 Å². The molecule has 1 aromatic rings. The van der Waals surface area contributed by atoms with Gasteiger partial charge >= 0.3 is 0 Å². The van der Waals surface area contributed by atoms with Crippen molar-refractivity contribution in [2.45, 2.75) is 19.4 Å². The second-order valence-electron chi connectivity index (χ2n) is 2.86. The van der Waals surface area contributed by atoms with E-state index in [1.807, 2.05) is 12.1 Å². The summed E-state index contributed by atoms with van der Waals surface area (Å²) in [6, 6.07) is 8.28. The molecule has 0 heterocycles. The lowest BCUT2D eigenvalue weighted by Crippen LogP contribution is -2.06. The maximum absolute atomic E-state index is 5.80. The van der Waals surface area contributed by atoms with Crippen LogP contribution in [0.1, 0.15) is 24.1 Å². The second kappa shape index (κ2) is 4.07. The van der Waals surface area contributed by atoms with Crippen LogP contribution in [-0.2, 0) is 6.42 Å². The van der Waals surface area contributed by atoms with Crippen molar-refractivity contribution in [3.8, 4) is 0 Å². The quantitative estimate of drug-likeness (QED) is 0.677. The molecule has 0 aliphatic heterocycles. The largest absolute Gasteiger partial charge is 0.321 e. The monoisotopic (exact) mass is 161 g/mol. The average molecular weight is 161 g/mol. The van der Waals surface area contributed by atoms with E-state index in [1.54, 1.807) is 6.08 Å². The maximum Gasteiger partial charge on any atom is 0.0478 e. The first kappa shape index (κ1) is 9.01.